The van der Waals surface area contributed by atoms with Crippen molar-refractivity contribution in [3.63, 3.8) is 0 Å². The van der Waals surface area contributed by atoms with Crippen LogP contribution in [-0.2, 0) is 19.6 Å². The van der Waals surface area contributed by atoms with Gasteiger partial charge in [0.1, 0.15) is 5.82 Å². The number of fused-ring (bicyclic) bond motifs is 2. The fraction of sp³-hybridized carbons (Fsp3) is 0.290. The lowest BCUT2D eigenvalue weighted by molar-refractivity contribution is 0.161. The number of H-pyrrole nitrogens is 1. The number of nitrogens with one attached hydrogen (secondary N) is 1. The lowest BCUT2D eigenvalue weighted by atomic mass is 10.0. The highest BCUT2D eigenvalue weighted by Crippen LogP contribution is 2.34. The van der Waals surface area contributed by atoms with Crippen LogP contribution in [0.25, 0.3) is 10.9 Å². The molecule has 1 N–H and O–H groups in total. The van der Waals surface area contributed by atoms with Gasteiger partial charge in [-0.3, -0.25) is 9.69 Å². The fourth-order valence-corrected chi connectivity index (χ4v) is 5.39. The van der Waals surface area contributed by atoms with E-state index in [0.717, 1.165) is 33.2 Å². The smallest absolute Gasteiger partial charge is 0.252 e. The second-order valence-electron chi connectivity index (χ2n) is 10.4. The highest BCUT2D eigenvalue weighted by atomic mass is 19.1. The maximum Gasteiger partial charge on any atom is 0.252 e. The van der Waals surface area contributed by atoms with Gasteiger partial charge in [-0.2, -0.15) is 0 Å². The summed E-state index contributed by atoms with van der Waals surface area (Å²) in [6.07, 6.45) is 0.693. The predicted molar refractivity (Wildman–Crippen MR) is 152 cm³/mol. The van der Waals surface area contributed by atoms with Gasteiger partial charge in [-0.25, -0.2) is 9.07 Å². The van der Waals surface area contributed by atoms with Crippen molar-refractivity contribution in [2.45, 2.75) is 52.9 Å². The molecule has 0 amide bonds. The van der Waals surface area contributed by atoms with E-state index < -0.39 is 0 Å². The van der Waals surface area contributed by atoms with E-state index in [1.54, 1.807) is 16.8 Å². The number of aromatic nitrogens is 5. The average molecular weight is 555 g/mol. The fourth-order valence-electron chi connectivity index (χ4n) is 5.39. The van der Waals surface area contributed by atoms with Crippen LogP contribution in [0.5, 0.6) is 11.5 Å². The van der Waals surface area contributed by atoms with Crippen LogP contribution < -0.4 is 15.0 Å². The van der Waals surface area contributed by atoms with Gasteiger partial charge in [-0.05, 0) is 88.7 Å². The van der Waals surface area contributed by atoms with Gasteiger partial charge in [0.05, 0.1) is 18.1 Å². The van der Waals surface area contributed by atoms with Crippen LogP contribution in [0, 0.1) is 19.7 Å². The minimum atomic E-state index is -0.294. The second-order valence-corrected chi connectivity index (χ2v) is 10.4. The van der Waals surface area contributed by atoms with Crippen LogP contribution >= 0.6 is 0 Å². The van der Waals surface area contributed by atoms with Crippen LogP contribution in [0.15, 0.2) is 65.5 Å². The normalized spacial score (nSPS) is 13.3. The van der Waals surface area contributed by atoms with E-state index in [1.807, 2.05) is 44.2 Å². The molecule has 210 valence electrons. The molecule has 10 heteroatoms. The number of aryl methyl sites for hydroxylation is 2. The quantitative estimate of drug-likeness (QED) is 0.267. The van der Waals surface area contributed by atoms with Crippen LogP contribution in [-0.4, -0.2) is 36.9 Å². The highest BCUT2D eigenvalue weighted by molar-refractivity contribution is 5.83. The number of aromatic amines is 1. The monoisotopic (exact) mass is 554 g/mol. The van der Waals surface area contributed by atoms with Crippen molar-refractivity contribution in [3.8, 4) is 11.5 Å². The molecule has 6 rings (SSSR count). The maximum absolute atomic E-state index is 13.5. The molecule has 5 aromatic rings. The first kappa shape index (κ1) is 26.6. The van der Waals surface area contributed by atoms with E-state index >= 15 is 0 Å². The number of halogens is 1. The summed E-state index contributed by atoms with van der Waals surface area (Å²) in [6, 6.07) is 18.1. The molecular weight excluding hydrogens is 523 g/mol. The summed E-state index contributed by atoms with van der Waals surface area (Å²) in [5.74, 6) is 1.79. The summed E-state index contributed by atoms with van der Waals surface area (Å²) in [7, 11) is 0. The van der Waals surface area contributed by atoms with Gasteiger partial charge in [0.25, 0.3) is 5.56 Å². The van der Waals surface area contributed by atoms with Gasteiger partial charge in [-0.1, -0.05) is 37.3 Å². The minimum Gasteiger partial charge on any atom is -0.454 e. The van der Waals surface area contributed by atoms with Crippen LogP contribution in [0.1, 0.15) is 53.0 Å². The molecule has 1 unspecified atom stereocenters. The van der Waals surface area contributed by atoms with Crippen LogP contribution in [0.2, 0.25) is 0 Å². The SMILES string of the molecule is CCC(c1nnnn1Cc1ccc(F)cc1)N(Cc1ccc2c(c1)OCO2)Cc1cc2ccc(C)c(C)c2[nH]c1=O. The van der Waals surface area contributed by atoms with Crippen molar-refractivity contribution in [2.75, 3.05) is 6.79 Å². The van der Waals surface area contributed by atoms with Gasteiger partial charge in [-0.15, -0.1) is 5.10 Å². The molecule has 3 heterocycles. The molecule has 1 atom stereocenters. The van der Waals surface area contributed by atoms with Crippen LogP contribution in [0.3, 0.4) is 0 Å². The van der Waals surface area contributed by atoms with Crippen molar-refractivity contribution >= 4 is 10.9 Å². The molecular formula is C31H31FN6O3. The van der Waals surface area contributed by atoms with Gasteiger partial charge in [0, 0.05) is 18.7 Å². The van der Waals surface area contributed by atoms with Crippen molar-refractivity contribution in [2.24, 2.45) is 0 Å². The summed E-state index contributed by atoms with van der Waals surface area (Å²) in [6.45, 7) is 7.61. The highest BCUT2D eigenvalue weighted by Gasteiger charge is 2.27. The van der Waals surface area contributed by atoms with Crippen molar-refractivity contribution in [1.82, 2.24) is 30.1 Å². The summed E-state index contributed by atoms with van der Waals surface area (Å²) in [5, 5.41) is 13.6. The van der Waals surface area contributed by atoms with Crippen LogP contribution in [0.4, 0.5) is 4.39 Å². The zero-order chi connectivity index (χ0) is 28.5. The number of rotatable bonds is 9. The van der Waals surface area contributed by atoms with Gasteiger partial charge < -0.3 is 14.5 Å². The van der Waals surface area contributed by atoms with Gasteiger partial charge in [0.15, 0.2) is 17.3 Å². The first-order valence-corrected chi connectivity index (χ1v) is 13.6. The van der Waals surface area contributed by atoms with E-state index in [-0.39, 0.29) is 24.2 Å². The molecule has 9 nitrogen and oxygen atoms in total. The third-order valence-electron chi connectivity index (χ3n) is 7.75. The number of hydrogen-bond acceptors (Lipinski definition) is 7. The number of ether oxygens (including phenoxy) is 2. The molecule has 0 saturated heterocycles. The molecule has 1 aliphatic heterocycles. The largest absolute Gasteiger partial charge is 0.454 e. The van der Waals surface area contributed by atoms with E-state index in [1.165, 1.54) is 12.1 Å². The zero-order valence-corrected chi connectivity index (χ0v) is 23.2. The van der Waals surface area contributed by atoms with E-state index in [0.29, 0.717) is 48.9 Å². The van der Waals surface area contributed by atoms with E-state index in [4.69, 9.17) is 9.47 Å². The Hall–Kier alpha value is -4.57. The molecule has 0 bridgehead atoms. The Morgan fingerprint density at radius 1 is 1.00 bits per heavy atom. The Morgan fingerprint density at radius 3 is 2.59 bits per heavy atom. The van der Waals surface area contributed by atoms with E-state index in [2.05, 4.69) is 38.4 Å². The molecule has 3 aromatic carbocycles. The number of tetrazole rings is 1. The Kier molecular flexibility index (Phi) is 7.23. The average Bonchev–Trinajstić information content (AvgIpc) is 3.63. The predicted octanol–water partition coefficient (Wildman–Crippen LogP) is 5.20. The van der Waals surface area contributed by atoms with Crippen molar-refractivity contribution in [1.29, 1.82) is 0 Å². The molecule has 1 aliphatic rings. The van der Waals surface area contributed by atoms with E-state index in [9.17, 15) is 9.18 Å². The summed E-state index contributed by atoms with van der Waals surface area (Å²) < 4.78 is 26.4. The summed E-state index contributed by atoms with van der Waals surface area (Å²) >= 11 is 0. The minimum absolute atomic E-state index is 0.123. The number of pyridine rings is 1. The molecule has 0 aliphatic carbocycles. The summed E-state index contributed by atoms with van der Waals surface area (Å²) in [5.41, 5.74) is 5.47. The Balaban J connectivity index is 1.38. The number of benzene rings is 3. The first-order valence-electron chi connectivity index (χ1n) is 13.6. The third-order valence-corrected chi connectivity index (χ3v) is 7.75. The molecule has 41 heavy (non-hydrogen) atoms. The Labute approximate surface area is 236 Å². The molecule has 0 spiro atoms. The Morgan fingerprint density at radius 2 is 1.78 bits per heavy atom. The number of hydrogen-bond donors (Lipinski definition) is 1. The van der Waals surface area contributed by atoms with Gasteiger partial charge in [0.2, 0.25) is 6.79 Å². The number of nitrogens with zero attached hydrogens (tertiary/aromatic N) is 5. The Bertz CT molecular complexity index is 1760. The maximum atomic E-state index is 13.5. The molecule has 0 fully saturated rings. The molecule has 0 radical (unpaired) electrons. The zero-order valence-electron chi connectivity index (χ0n) is 23.2. The molecule has 0 saturated carbocycles. The molecule has 2 aromatic heterocycles. The van der Waals surface area contributed by atoms with Crippen molar-refractivity contribution < 1.29 is 13.9 Å². The first-order chi connectivity index (χ1) is 19.9. The summed E-state index contributed by atoms with van der Waals surface area (Å²) in [4.78, 5) is 18.7. The third kappa shape index (κ3) is 5.43. The second kappa shape index (κ2) is 11.1. The van der Waals surface area contributed by atoms with Gasteiger partial charge >= 0.3 is 0 Å². The lowest BCUT2D eigenvalue weighted by Gasteiger charge is -2.30. The topological polar surface area (TPSA) is 98.2 Å². The lowest BCUT2D eigenvalue weighted by Crippen LogP contribution is -2.32. The van der Waals surface area contributed by atoms with Crippen molar-refractivity contribution in [3.05, 3.63) is 110 Å². The standard InChI is InChI=1S/C31H31FN6O3/c1-4-26(30-34-35-36-38(30)16-21-6-10-25(32)11-7-21)37(15-22-8-12-27-28(13-22)41-18-40-27)17-24-14-23-9-5-19(2)20(3)29(23)33-31(24)39/h5-14,26H,4,15-18H2,1-3H3,(H,33,39).